The van der Waals surface area contributed by atoms with Crippen LogP contribution >= 0.6 is 0 Å². The number of aromatic nitrogens is 2. The molecule has 0 saturated heterocycles. The molecule has 0 unspecified atom stereocenters. The summed E-state index contributed by atoms with van der Waals surface area (Å²) in [6, 6.07) is 2.45. The quantitative estimate of drug-likeness (QED) is 0.736. The molecule has 2 aromatic rings. The van der Waals surface area contributed by atoms with Gasteiger partial charge in [0.1, 0.15) is 11.4 Å². The Morgan fingerprint density at radius 1 is 1.40 bits per heavy atom. The Balaban J connectivity index is 2.23. The number of nitrogen functional groups attached to an aromatic ring is 1. The largest absolute Gasteiger partial charge is 0.478 e. The zero-order valence-electron chi connectivity index (χ0n) is 10.7. The van der Waals surface area contributed by atoms with Gasteiger partial charge in [-0.3, -0.25) is 9.97 Å². The lowest BCUT2D eigenvalue weighted by Crippen LogP contribution is -2.11. The summed E-state index contributed by atoms with van der Waals surface area (Å²) < 4.78 is 13.3. The van der Waals surface area contributed by atoms with Crippen LogP contribution in [0.1, 0.15) is 21.7 Å². The summed E-state index contributed by atoms with van der Waals surface area (Å²) in [6.45, 7) is 2.08. The summed E-state index contributed by atoms with van der Waals surface area (Å²) in [4.78, 5) is 19.3. The third-order valence-corrected chi connectivity index (χ3v) is 2.70. The number of rotatable bonds is 4. The zero-order chi connectivity index (χ0) is 14.7. The second-order valence-corrected chi connectivity index (χ2v) is 4.19. The predicted molar refractivity (Wildman–Crippen MR) is 71.9 cm³/mol. The van der Waals surface area contributed by atoms with Crippen LogP contribution in [0.4, 0.5) is 15.8 Å². The molecular weight excluding hydrogens is 263 g/mol. The molecule has 0 aliphatic carbocycles. The van der Waals surface area contributed by atoms with E-state index in [0.29, 0.717) is 5.69 Å². The maximum atomic E-state index is 13.3. The molecule has 1 aromatic heterocycles. The van der Waals surface area contributed by atoms with E-state index in [2.05, 4.69) is 15.3 Å². The van der Waals surface area contributed by atoms with Gasteiger partial charge in [0.15, 0.2) is 0 Å². The van der Waals surface area contributed by atoms with Crippen LogP contribution < -0.4 is 11.1 Å². The van der Waals surface area contributed by atoms with Crippen LogP contribution in [0, 0.1) is 12.7 Å². The molecule has 6 nitrogen and oxygen atoms in total. The number of hydrogen-bond donors (Lipinski definition) is 3. The molecule has 104 valence electrons. The SMILES string of the molecule is Cc1cnc(CNc2ccc(F)c(N)c2C(=O)O)cn1. The molecule has 0 spiro atoms. The zero-order valence-corrected chi connectivity index (χ0v) is 10.7. The van der Waals surface area contributed by atoms with Crippen molar-refractivity contribution in [3.8, 4) is 0 Å². The second-order valence-electron chi connectivity index (χ2n) is 4.19. The van der Waals surface area contributed by atoms with Crippen molar-refractivity contribution in [2.75, 3.05) is 11.1 Å². The molecule has 4 N–H and O–H groups in total. The van der Waals surface area contributed by atoms with Crippen molar-refractivity contribution < 1.29 is 14.3 Å². The van der Waals surface area contributed by atoms with Gasteiger partial charge in [0.25, 0.3) is 0 Å². The average molecular weight is 276 g/mol. The number of anilines is 2. The fourth-order valence-corrected chi connectivity index (χ4v) is 1.67. The third kappa shape index (κ3) is 2.82. The van der Waals surface area contributed by atoms with Gasteiger partial charge in [-0.25, -0.2) is 9.18 Å². The van der Waals surface area contributed by atoms with Crippen molar-refractivity contribution in [2.45, 2.75) is 13.5 Å². The standard InChI is InChI=1S/C13H13FN4O2/c1-7-4-17-8(5-16-7)6-18-10-3-2-9(14)12(15)11(10)13(19)20/h2-5,18H,6,15H2,1H3,(H,19,20). The Hall–Kier alpha value is -2.70. The normalized spacial score (nSPS) is 10.3. The Labute approximate surface area is 114 Å². The minimum Gasteiger partial charge on any atom is -0.478 e. The van der Waals surface area contributed by atoms with Gasteiger partial charge >= 0.3 is 5.97 Å². The molecular formula is C13H13FN4O2. The van der Waals surface area contributed by atoms with Crippen LogP contribution in [0.3, 0.4) is 0 Å². The first-order valence-corrected chi connectivity index (χ1v) is 5.81. The van der Waals surface area contributed by atoms with Crippen molar-refractivity contribution >= 4 is 17.3 Å². The van der Waals surface area contributed by atoms with Crippen LogP contribution in [0.2, 0.25) is 0 Å². The molecule has 0 bridgehead atoms. The number of carbonyl (C=O) groups is 1. The molecule has 0 aliphatic rings. The van der Waals surface area contributed by atoms with Crippen molar-refractivity contribution in [2.24, 2.45) is 0 Å². The van der Waals surface area contributed by atoms with Gasteiger partial charge in [0, 0.05) is 6.20 Å². The Morgan fingerprint density at radius 3 is 2.75 bits per heavy atom. The number of nitrogens with zero attached hydrogens (tertiary/aromatic N) is 2. The van der Waals surface area contributed by atoms with E-state index in [1.807, 2.05) is 6.92 Å². The number of benzene rings is 1. The lowest BCUT2D eigenvalue weighted by atomic mass is 10.1. The molecule has 0 atom stereocenters. The highest BCUT2D eigenvalue weighted by Crippen LogP contribution is 2.25. The molecule has 0 amide bonds. The number of nitrogens with one attached hydrogen (secondary N) is 1. The molecule has 20 heavy (non-hydrogen) atoms. The number of carboxylic acid groups (broad SMARTS) is 1. The maximum absolute atomic E-state index is 13.3. The Bertz CT molecular complexity index is 644. The van der Waals surface area contributed by atoms with Crippen LogP contribution in [-0.2, 0) is 6.54 Å². The maximum Gasteiger partial charge on any atom is 0.340 e. The monoisotopic (exact) mass is 276 g/mol. The highest BCUT2D eigenvalue weighted by Gasteiger charge is 2.17. The van der Waals surface area contributed by atoms with Gasteiger partial charge in [0.2, 0.25) is 0 Å². The topological polar surface area (TPSA) is 101 Å². The van der Waals surface area contributed by atoms with Gasteiger partial charge in [-0.2, -0.15) is 0 Å². The predicted octanol–water partition coefficient (Wildman–Crippen LogP) is 1.82. The highest BCUT2D eigenvalue weighted by molar-refractivity contribution is 6.00. The Morgan fingerprint density at radius 2 is 2.15 bits per heavy atom. The molecule has 2 rings (SSSR count). The molecule has 7 heteroatoms. The van der Waals surface area contributed by atoms with Crippen molar-refractivity contribution in [1.82, 2.24) is 9.97 Å². The van der Waals surface area contributed by atoms with E-state index in [4.69, 9.17) is 10.8 Å². The molecule has 0 saturated carbocycles. The van der Waals surface area contributed by atoms with Gasteiger partial charge in [0.05, 0.1) is 35.5 Å². The first-order valence-electron chi connectivity index (χ1n) is 5.81. The van der Waals surface area contributed by atoms with Crippen LogP contribution in [0.15, 0.2) is 24.5 Å². The fourth-order valence-electron chi connectivity index (χ4n) is 1.67. The average Bonchev–Trinajstić information content (AvgIpc) is 2.41. The van der Waals surface area contributed by atoms with Gasteiger partial charge in [-0.1, -0.05) is 0 Å². The first-order chi connectivity index (χ1) is 9.49. The van der Waals surface area contributed by atoms with Gasteiger partial charge in [-0.15, -0.1) is 0 Å². The molecule has 0 radical (unpaired) electrons. The smallest absolute Gasteiger partial charge is 0.340 e. The van der Waals surface area contributed by atoms with Crippen molar-refractivity contribution in [3.63, 3.8) is 0 Å². The van der Waals surface area contributed by atoms with Crippen LogP contribution in [0.25, 0.3) is 0 Å². The lowest BCUT2D eigenvalue weighted by Gasteiger charge is -2.11. The van der Waals surface area contributed by atoms with Crippen molar-refractivity contribution in [1.29, 1.82) is 0 Å². The molecule has 1 heterocycles. The van der Waals surface area contributed by atoms with Gasteiger partial charge < -0.3 is 16.2 Å². The number of nitrogens with two attached hydrogens (primary N) is 1. The summed E-state index contributed by atoms with van der Waals surface area (Å²) in [6.07, 6.45) is 3.18. The summed E-state index contributed by atoms with van der Waals surface area (Å²) in [5.41, 5.74) is 6.42. The van der Waals surface area contributed by atoms with Crippen LogP contribution in [-0.4, -0.2) is 21.0 Å². The van der Waals surface area contributed by atoms with E-state index in [1.54, 1.807) is 12.4 Å². The molecule has 0 fully saturated rings. The molecule has 1 aromatic carbocycles. The minimum atomic E-state index is -1.29. The van der Waals surface area contributed by atoms with Crippen LogP contribution in [0.5, 0.6) is 0 Å². The third-order valence-electron chi connectivity index (χ3n) is 2.70. The number of halogens is 1. The van der Waals surface area contributed by atoms with E-state index in [0.717, 1.165) is 11.8 Å². The summed E-state index contributed by atoms with van der Waals surface area (Å²) in [5, 5.41) is 12.0. The van der Waals surface area contributed by atoms with Gasteiger partial charge in [-0.05, 0) is 19.1 Å². The number of hydrogen-bond acceptors (Lipinski definition) is 5. The van der Waals surface area contributed by atoms with Crippen molar-refractivity contribution in [3.05, 3.63) is 47.3 Å². The number of aromatic carboxylic acids is 1. The van der Waals surface area contributed by atoms with E-state index in [1.165, 1.54) is 6.07 Å². The molecule has 0 aliphatic heterocycles. The number of carboxylic acids is 1. The highest BCUT2D eigenvalue weighted by atomic mass is 19.1. The Kier molecular flexibility index (Phi) is 3.79. The summed E-state index contributed by atoms with van der Waals surface area (Å²) >= 11 is 0. The fraction of sp³-hybridized carbons (Fsp3) is 0.154. The lowest BCUT2D eigenvalue weighted by molar-refractivity contribution is 0.0698. The van der Waals surface area contributed by atoms with E-state index >= 15 is 0 Å². The number of aryl methyl sites for hydroxylation is 1. The second kappa shape index (κ2) is 5.52. The first kappa shape index (κ1) is 13.7. The van der Waals surface area contributed by atoms with E-state index < -0.39 is 17.5 Å². The van der Waals surface area contributed by atoms with E-state index in [9.17, 15) is 9.18 Å². The summed E-state index contributed by atoms with van der Waals surface area (Å²) in [7, 11) is 0. The summed E-state index contributed by atoms with van der Waals surface area (Å²) in [5.74, 6) is -2.05. The van der Waals surface area contributed by atoms with E-state index in [-0.39, 0.29) is 17.8 Å². The minimum absolute atomic E-state index is 0.235.